The van der Waals surface area contributed by atoms with E-state index < -0.39 is 41.1 Å². The highest BCUT2D eigenvalue weighted by Gasteiger charge is 2.54. The Balaban J connectivity index is 5.50. The molecular weight excluding hydrogens is 468 g/mol. The van der Waals surface area contributed by atoms with Crippen LogP contribution in [0.25, 0.3) is 0 Å². The molecule has 6 atom stereocenters. The van der Waals surface area contributed by atoms with Gasteiger partial charge in [0.05, 0.1) is 0 Å². The highest BCUT2D eigenvalue weighted by atomic mass is 16.4. The van der Waals surface area contributed by atoms with Crippen molar-refractivity contribution >= 4 is 17.3 Å². The zero-order valence-corrected chi connectivity index (χ0v) is 24.8. The number of ketones is 3. The van der Waals surface area contributed by atoms with E-state index in [1.165, 1.54) is 0 Å². The maximum Gasteiger partial charge on any atom is 0.210 e. The third kappa shape index (κ3) is 13.0. The van der Waals surface area contributed by atoms with E-state index in [9.17, 15) is 29.7 Å². The molecule has 0 aromatic rings. The SMILES string of the molecule is CCCCCC(C)CCC(=O)C(O)C(O)C(O)(C(=O)CCC(C)CCCCC)C(=O)C(C)CCCCC. The molecule has 37 heavy (non-hydrogen) atoms. The Bertz CT molecular complexity index is 648. The molecule has 0 aliphatic heterocycles. The predicted octanol–water partition coefficient (Wildman–Crippen LogP) is 6.36. The third-order valence-electron chi connectivity index (χ3n) is 7.89. The fraction of sp³-hybridized carbons (Fsp3) is 0.903. The van der Waals surface area contributed by atoms with Gasteiger partial charge >= 0.3 is 0 Å². The molecule has 0 aromatic carbocycles. The molecule has 0 radical (unpaired) electrons. The monoisotopic (exact) mass is 526 g/mol. The molecule has 0 rings (SSSR count). The molecule has 0 fully saturated rings. The summed E-state index contributed by atoms with van der Waals surface area (Å²) in [6, 6.07) is 0. The Labute approximate surface area is 227 Å². The second-order valence-corrected chi connectivity index (χ2v) is 11.6. The van der Waals surface area contributed by atoms with Gasteiger partial charge in [-0.3, -0.25) is 14.4 Å². The van der Waals surface area contributed by atoms with Crippen molar-refractivity contribution in [3.8, 4) is 0 Å². The van der Waals surface area contributed by atoms with Gasteiger partial charge in [-0.05, 0) is 31.1 Å². The summed E-state index contributed by atoms with van der Waals surface area (Å²) in [5.74, 6) is -2.38. The van der Waals surface area contributed by atoms with Gasteiger partial charge in [0.25, 0.3) is 0 Å². The first kappa shape index (κ1) is 35.9. The van der Waals surface area contributed by atoms with Crippen LogP contribution in [-0.4, -0.2) is 50.5 Å². The van der Waals surface area contributed by atoms with Crippen LogP contribution in [0.15, 0.2) is 0 Å². The molecule has 0 aromatic heterocycles. The van der Waals surface area contributed by atoms with E-state index in [4.69, 9.17) is 0 Å². The van der Waals surface area contributed by atoms with E-state index in [1.54, 1.807) is 6.92 Å². The highest BCUT2D eigenvalue weighted by Crippen LogP contribution is 2.28. The fourth-order valence-corrected chi connectivity index (χ4v) is 4.94. The van der Waals surface area contributed by atoms with E-state index in [1.807, 2.05) is 13.8 Å². The minimum Gasteiger partial charge on any atom is -0.386 e. The smallest absolute Gasteiger partial charge is 0.210 e. The minimum atomic E-state index is -2.78. The lowest BCUT2D eigenvalue weighted by molar-refractivity contribution is -0.177. The zero-order chi connectivity index (χ0) is 28.4. The van der Waals surface area contributed by atoms with Crippen LogP contribution in [0.3, 0.4) is 0 Å². The largest absolute Gasteiger partial charge is 0.386 e. The van der Waals surface area contributed by atoms with Crippen molar-refractivity contribution < 1.29 is 29.7 Å². The van der Waals surface area contributed by atoms with Gasteiger partial charge in [0.15, 0.2) is 17.3 Å². The Morgan fingerprint density at radius 2 is 1.08 bits per heavy atom. The first-order chi connectivity index (χ1) is 17.5. The summed E-state index contributed by atoms with van der Waals surface area (Å²) in [5.41, 5.74) is -2.78. The molecular formula is C31H58O6. The number of carbonyl (C=O) groups excluding carboxylic acids is 3. The van der Waals surface area contributed by atoms with Gasteiger partial charge in [-0.25, -0.2) is 0 Å². The molecule has 0 amide bonds. The third-order valence-corrected chi connectivity index (χ3v) is 7.89. The van der Waals surface area contributed by atoms with Crippen molar-refractivity contribution in [3.63, 3.8) is 0 Å². The molecule has 0 aliphatic rings. The Morgan fingerprint density at radius 1 is 0.649 bits per heavy atom. The molecule has 0 heterocycles. The molecule has 0 bridgehead atoms. The number of rotatable bonds is 24. The molecule has 6 heteroatoms. The fourth-order valence-electron chi connectivity index (χ4n) is 4.94. The summed E-state index contributed by atoms with van der Waals surface area (Å²) < 4.78 is 0. The second-order valence-electron chi connectivity index (χ2n) is 11.6. The van der Waals surface area contributed by atoms with Gasteiger partial charge in [-0.1, -0.05) is 112 Å². The molecule has 218 valence electrons. The van der Waals surface area contributed by atoms with Gasteiger partial charge < -0.3 is 15.3 Å². The van der Waals surface area contributed by atoms with E-state index in [0.29, 0.717) is 19.3 Å². The maximum absolute atomic E-state index is 13.4. The van der Waals surface area contributed by atoms with Crippen molar-refractivity contribution in [1.29, 1.82) is 0 Å². The quantitative estimate of drug-likeness (QED) is 0.0997. The summed E-state index contributed by atoms with van der Waals surface area (Å²) in [5, 5.41) is 33.1. The van der Waals surface area contributed by atoms with Crippen LogP contribution in [0.4, 0.5) is 0 Å². The van der Waals surface area contributed by atoms with Crippen LogP contribution >= 0.6 is 0 Å². The van der Waals surface area contributed by atoms with Crippen molar-refractivity contribution in [2.24, 2.45) is 17.8 Å². The summed E-state index contributed by atoms with van der Waals surface area (Å²) in [7, 11) is 0. The van der Waals surface area contributed by atoms with Crippen molar-refractivity contribution in [1.82, 2.24) is 0 Å². The van der Waals surface area contributed by atoms with Gasteiger partial charge in [-0.15, -0.1) is 0 Å². The lowest BCUT2D eigenvalue weighted by Crippen LogP contribution is -2.62. The van der Waals surface area contributed by atoms with Crippen molar-refractivity contribution in [2.45, 2.75) is 162 Å². The average Bonchev–Trinajstić information content (AvgIpc) is 2.88. The Morgan fingerprint density at radius 3 is 1.54 bits per heavy atom. The van der Waals surface area contributed by atoms with Crippen molar-refractivity contribution in [3.05, 3.63) is 0 Å². The molecule has 6 nitrogen and oxygen atoms in total. The summed E-state index contributed by atoms with van der Waals surface area (Å²) in [4.78, 5) is 39.4. The summed E-state index contributed by atoms with van der Waals surface area (Å²) in [6.07, 6.45) is 8.46. The van der Waals surface area contributed by atoms with Crippen LogP contribution in [0, 0.1) is 17.8 Å². The summed E-state index contributed by atoms with van der Waals surface area (Å²) in [6.45, 7) is 12.0. The number of carbonyl (C=O) groups is 3. The lowest BCUT2D eigenvalue weighted by atomic mass is 9.75. The van der Waals surface area contributed by atoms with Gasteiger partial charge in [0, 0.05) is 18.8 Å². The summed E-state index contributed by atoms with van der Waals surface area (Å²) >= 11 is 0. The predicted molar refractivity (Wildman–Crippen MR) is 150 cm³/mol. The Hall–Kier alpha value is -1.11. The Kier molecular flexibility index (Phi) is 19.3. The van der Waals surface area contributed by atoms with E-state index in [-0.39, 0.29) is 24.7 Å². The second kappa shape index (κ2) is 19.9. The molecule has 0 saturated heterocycles. The maximum atomic E-state index is 13.4. The number of Topliss-reactive ketones (excluding diaryl/α,β-unsaturated/α-hetero) is 3. The lowest BCUT2D eigenvalue weighted by Gasteiger charge is -2.34. The number of unbranched alkanes of at least 4 members (excludes halogenated alkanes) is 6. The van der Waals surface area contributed by atoms with Crippen LogP contribution in [0.5, 0.6) is 0 Å². The van der Waals surface area contributed by atoms with Crippen molar-refractivity contribution in [2.75, 3.05) is 0 Å². The zero-order valence-electron chi connectivity index (χ0n) is 24.8. The first-order valence-electron chi connectivity index (χ1n) is 15.2. The molecule has 6 unspecified atom stereocenters. The average molecular weight is 527 g/mol. The first-order valence-corrected chi connectivity index (χ1v) is 15.2. The molecule has 0 saturated carbocycles. The van der Waals surface area contributed by atoms with Gasteiger partial charge in [0.2, 0.25) is 5.60 Å². The topological polar surface area (TPSA) is 112 Å². The number of hydrogen-bond donors (Lipinski definition) is 3. The normalized spacial score (nSPS) is 17.4. The van der Waals surface area contributed by atoms with Crippen LogP contribution < -0.4 is 0 Å². The molecule has 0 aliphatic carbocycles. The van der Waals surface area contributed by atoms with Gasteiger partial charge in [-0.2, -0.15) is 0 Å². The molecule has 0 spiro atoms. The number of aliphatic hydroxyl groups excluding tert-OH is 2. The highest BCUT2D eigenvalue weighted by molar-refractivity contribution is 6.12. The molecule has 3 N–H and O–H groups in total. The van der Waals surface area contributed by atoms with E-state index in [2.05, 4.69) is 20.8 Å². The number of hydrogen-bond acceptors (Lipinski definition) is 6. The van der Waals surface area contributed by atoms with Crippen LogP contribution in [-0.2, 0) is 14.4 Å². The minimum absolute atomic E-state index is 0.0322. The van der Waals surface area contributed by atoms with Crippen LogP contribution in [0.2, 0.25) is 0 Å². The standard InChI is InChI=1S/C31H58O6/c1-7-10-13-16-23(4)19-21-26(32)28(34)30(36)31(37,29(35)25(6)18-15-12-9-3)27(33)22-20-24(5)17-14-11-8-2/h23-25,28,30,34,36-37H,7-22H2,1-6H3. The number of aliphatic hydroxyl groups is 3. The van der Waals surface area contributed by atoms with E-state index >= 15 is 0 Å². The van der Waals surface area contributed by atoms with Gasteiger partial charge in [0.1, 0.15) is 12.2 Å². The van der Waals surface area contributed by atoms with Crippen LogP contribution in [0.1, 0.15) is 144 Å². The van der Waals surface area contributed by atoms with E-state index in [0.717, 1.165) is 70.6 Å².